The van der Waals surface area contributed by atoms with Crippen LogP contribution in [-0.4, -0.2) is 47.9 Å². The van der Waals surface area contributed by atoms with Gasteiger partial charge in [0.05, 0.1) is 0 Å². The Morgan fingerprint density at radius 3 is 2.57 bits per heavy atom. The number of carbonyl (C=O) groups excluding carboxylic acids is 1. The lowest BCUT2D eigenvalue weighted by molar-refractivity contribution is -0.127. The fourth-order valence-electron chi connectivity index (χ4n) is 3.63. The molecule has 1 atom stereocenters. The summed E-state index contributed by atoms with van der Waals surface area (Å²) in [5.74, 6) is 0.140. The van der Waals surface area contributed by atoms with Gasteiger partial charge >= 0.3 is 0 Å². The van der Waals surface area contributed by atoms with Crippen molar-refractivity contribution in [2.45, 2.75) is 38.1 Å². The molecule has 2 aliphatic heterocycles. The number of carbonyl (C=O) groups is 1. The van der Waals surface area contributed by atoms with Crippen LogP contribution in [0.1, 0.15) is 37.7 Å². The minimum Gasteiger partial charge on any atom is -0.399 e. The molecule has 0 saturated carbocycles. The van der Waals surface area contributed by atoms with Crippen molar-refractivity contribution >= 4 is 17.7 Å². The maximum atomic E-state index is 12.5. The number of likely N-dealkylation sites (tertiary alicyclic amines) is 2. The van der Waals surface area contributed by atoms with E-state index in [4.69, 9.17) is 5.73 Å². The van der Waals surface area contributed by atoms with Crippen molar-refractivity contribution in [1.29, 1.82) is 0 Å². The zero-order valence-electron chi connectivity index (χ0n) is 13.8. The molecule has 0 aromatic heterocycles. The largest absolute Gasteiger partial charge is 0.399 e. The average molecular weight is 313 g/mol. The molecule has 1 aromatic carbocycles. The van der Waals surface area contributed by atoms with Crippen molar-refractivity contribution in [3.05, 3.63) is 35.9 Å². The van der Waals surface area contributed by atoms with Gasteiger partial charge in [-0.1, -0.05) is 18.6 Å². The maximum Gasteiger partial charge on any atom is 0.246 e. The second-order valence-electron chi connectivity index (χ2n) is 6.69. The quantitative estimate of drug-likeness (QED) is 0.687. The smallest absolute Gasteiger partial charge is 0.246 e. The van der Waals surface area contributed by atoms with Gasteiger partial charge in [0.2, 0.25) is 5.91 Å². The van der Waals surface area contributed by atoms with Crippen molar-refractivity contribution in [2.75, 3.05) is 31.9 Å². The third-order valence-electron chi connectivity index (χ3n) is 4.93. The van der Waals surface area contributed by atoms with Crippen molar-refractivity contribution in [3.8, 4) is 0 Å². The number of anilines is 1. The molecular formula is C19H27N3O. The minimum atomic E-state index is 0.140. The van der Waals surface area contributed by atoms with Gasteiger partial charge in [-0.05, 0) is 62.5 Å². The first-order valence-electron chi connectivity index (χ1n) is 8.79. The van der Waals surface area contributed by atoms with Crippen LogP contribution in [0, 0.1) is 0 Å². The van der Waals surface area contributed by atoms with Gasteiger partial charge in [-0.25, -0.2) is 0 Å². The monoisotopic (exact) mass is 313 g/mol. The number of piperidine rings is 1. The molecule has 2 aliphatic rings. The van der Waals surface area contributed by atoms with E-state index in [-0.39, 0.29) is 5.91 Å². The first-order valence-corrected chi connectivity index (χ1v) is 8.79. The molecule has 4 heteroatoms. The number of nitrogens with two attached hydrogens (primary N) is 1. The molecule has 2 heterocycles. The number of hydrogen-bond donors (Lipinski definition) is 1. The van der Waals surface area contributed by atoms with Gasteiger partial charge in [0.1, 0.15) is 0 Å². The number of nitrogen functional groups attached to an aromatic ring is 1. The summed E-state index contributed by atoms with van der Waals surface area (Å²) in [5, 5.41) is 0. The van der Waals surface area contributed by atoms with Crippen LogP contribution in [0.15, 0.2) is 30.3 Å². The highest BCUT2D eigenvalue weighted by atomic mass is 16.2. The van der Waals surface area contributed by atoms with E-state index >= 15 is 0 Å². The molecule has 0 aliphatic carbocycles. The van der Waals surface area contributed by atoms with Gasteiger partial charge in [0, 0.05) is 30.9 Å². The SMILES string of the molecule is Nc1ccc(/C=C/C(=O)N2CCC[C@H]2CN2CCCCC2)cc1. The fourth-order valence-corrected chi connectivity index (χ4v) is 3.63. The van der Waals surface area contributed by atoms with Crippen LogP contribution in [0.5, 0.6) is 0 Å². The molecule has 0 unspecified atom stereocenters. The highest BCUT2D eigenvalue weighted by molar-refractivity contribution is 5.92. The molecule has 0 bridgehead atoms. The molecule has 4 nitrogen and oxygen atoms in total. The molecule has 23 heavy (non-hydrogen) atoms. The first kappa shape index (κ1) is 16.1. The molecular weight excluding hydrogens is 286 g/mol. The van der Waals surface area contributed by atoms with Crippen LogP contribution < -0.4 is 5.73 Å². The Morgan fingerprint density at radius 1 is 1.09 bits per heavy atom. The standard InChI is InChI=1S/C19H27N3O/c20-17-9-6-16(7-10-17)8-11-19(23)22-14-4-5-18(22)15-21-12-2-1-3-13-21/h6-11,18H,1-5,12-15,20H2/b11-8+/t18-/m0/s1. The molecule has 1 amide bonds. The van der Waals surface area contributed by atoms with E-state index in [1.54, 1.807) is 6.08 Å². The molecule has 3 rings (SSSR count). The third kappa shape index (κ3) is 4.35. The van der Waals surface area contributed by atoms with Gasteiger partial charge in [-0.2, -0.15) is 0 Å². The summed E-state index contributed by atoms with van der Waals surface area (Å²) >= 11 is 0. The zero-order valence-corrected chi connectivity index (χ0v) is 13.8. The van der Waals surface area contributed by atoms with E-state index in [1.807, 2.05) is 30.3 Å². The number of benzene rings is 1. The van der Waals surface area contributed by atoms with Crippen molar-refractivity contribution in [1.82, 2.24) is 9.80 Å². The Morgan fingerprint density at radius 2 is 1.83 bits per heavy atom. The molecule has 2 fully saturated rings. The van der Waals surface area contributed by atoms with Gasteiger partial charge in [0.25, 0.3) is 0 Å². The van der Waals surface area contributed by atoms with Crippen LogP contribution in [0.2, 0.25) is 0 Å². The molecule has 0 spiro atoms. The normalized spacial score (nSPS) is 22.8. The van der Waals surface area contributed by atoms with Gasteiger partial charge in [-0.3, -0.25) is 4.79 Å². The summed E-state index contributed by atoms with van der Waals surface area (Å²) in [4.78, 5) is 17.1. The highest BCUT2D eigenvalue weighted by Gasteiger charge is 2.29. The van der Waals surface area contributed by atoms with E-state index in [0.29, 0.717) is 6.04 Å². The third-order valence-corrected chi connectivity index (χ3v) is 4.93. The summed E-state index contributed by atoms with van der Waals surface area (Å²) in [7, 11) is 0. The van der Waals surface area contributed by atoms with E-state index in [9.17, 15) is 4.79 Å². The van der Waals surface area contributed by atoms with E-state index < -0.39 is 0 Å². The van der Waals surface area contributed by atoms with Crippen LogP contribution in [0.4, 0.5) is 5.69 Å². The first-order chi connectivity index (χ1) is 11.2. The Hall–Kier alpha value is -1.81. The lowest BCUT2D eigenvalue weighted by Crippen LogP contribution is -2.44. The van der Waals surface area contributed by atoms with Gasteiger partial charge in [0.15, 0.2) is 0 Å². The Balaban J connectivity index is 1.57. The van der Waals surface area contributed by atoms with Crippen molar-refractivity contribution in [3.63, 3.8) is 0 Å². The fraction of sp³-hybridized carbons (Fsp3) is 0.526. The van der Waals surface area contributed by atoms with E-state index in [0.717, 1.165) is 37.2 Å². The maximum absolute atomic E-state index is 12.5. The average Bonchev–Trinajstić information content (AvgIpc) is 3.03. The Kier molecular flexibility index (Phi) is 5.34. The summed E-state index contributed by atoms with van der Waals surface area (Å²) in [5.41, 5.74) is 7.44. The Labute approximate surface area is 138 Å². The second-order valence-corrected chi connectivity index (χ2v) is 6.69. The summed E-state index contributed by atoms with van der Waals surface area (Å²) < 4.78 is 0. The summed E-state index contributed by atoms with van der Waals surface area (Å²) in [6.45, 7) is 4.32. The van der Waals surface area contributed by atoms with E-state index in [1.165, 1.54) is 32.4 Å². The van der Waals surface area contributed by atoms with Crippen LogP contribution >= 0.6 is 0 Å². The van der Waals surface area contributed by atoms with Gasteiger partial charge in [-0.15, -0.1) is 0 Å². The van der Waals surface area contributed by atoms with E-state index in [2.05, 4.69) is 9.80 Å². The minimum absolute atomic E-state index is 0.140. The predicted octanol–water partition coefficient (Wildman–Crippen LogP) is 2.76. The lowest BCUT2D eigenvalue weighted by atomic mass is 10.1. The number of amides is 1. The second kappa shape index (κ2) is 7.64. The summed E-state index contributed by atoms with van der Waals surface area (Å²) in [6.07, 6.45) is 9.82. The molecule has 2 N–H and O–H groups in total. The van der Waals surface area contributed by atoms with Crippen LogP contribution in [0.25, 0.3) is 6.08 Å². The molecule has 0 radical (unpaired) electrons. The predicted molar refractivity (Wildman–Crippen MR) is 94.9 cm³/mol. The molecule has 1 aromatic rings. The Bertz CT molecular complexity index is 546. The van der Waals surface area contributed by atoms with Crippen molar-refractivity contribution < 1.29 is 4.79 Å². The van der Waals surface area contributed by atoms with Crippen LogP contribution in [-0.2, 0) is 4.79 Å². The van der Waals surface area contributed by atoms with Crippen molar-refractivity contribution in [2.24, 2.45) is 0 Å². The topological polar surface area (TPSA) is 49.6 Å². The number of nitrogens with zero attached hydrogens (tertiary/aromatic N) is 2. The zero-order chi connectivity index (χ0) is 16.1. The summed E-state index contributed by atoms with van der Waals surface area (Å²) in [6, 6.07) is 7.98. The number of rotatable bonds is 4. The molecule has 2 saturated heterocycles. The number of hydrogen-bond acceptors (Lipinski definition) is 3. The van der Waals surface area contributed by atoms with Crippen LogP contribution in [0.3, 0.4) is 0 Å². The van der Waals surface area contributed by atoms with Gasteiger partial charge < -0.3 is 15.5 Å². The lowest BCUT2D eigenvalue weighted by Gasteiger charge is -2.32. The highest BCUT2D eigenvalue weighted by Crippen LogP contribution is 2.21. The molecule has 124 valence electrons.